The lowest BCUT2D eigenvalue weighted by Crippen LogP contribution is -2.57. The summed E-state index contributed by atoms with van der Waals surface area (Å²) in [5.74, 6) is 0. The van der Waals surface area contributed by atoms with E-state index in [0.717, 1.165) is 12.8 Å². The van der Waals surface area contributed by atoms with Gasteiger partial charge in [-0.1, -0.05) is 25.7 Å². The minimum atomic E-state index is -0.129. The van der Waals surface area contributed by atoms with E-state index in [1.54, 1.807) is 0 Å². The normalized spacial score (nSPS) is 19.8. The summed E-state index contributed by atoms with van der Waals surface area (Å²) in [6, 6.07) is 0.179. The molecule has 0 heterocycles. The van der Waals surface area contributed by atoms with Crippen LogP contribution in [-0.2, 0) is 0 Å². The molecule has 0 saturated heterocycles. The first-order chi connectivity index (χ1) is 8.02. The predicted molar refractivity (Wildman–Crippen MR) is 70.9 cm³/mol. The highest BCUT2D eigenvalue weighted by Crippen LogP contribution is 2.31. The molecule has 0 radical (unpaired) electrons. The average molecular weight is 241 g/mol. The second kappa shape index (κ2) is 6.24. The lowest BCUT2D eigenvalue weighted by atomic mass is 9.89. The third-order valence-corrected chi connectivity index (χ3v) is 3.84. The zero-order chi connectivity index (χ0) is 12.9. The molecule has 1 aliphatic rings. The van der Waals surface area contributed by atoms with E-state index in [1.807, 2.05) is 25.8 Å². The number of urea groups is 1. The van der Waals surface area contributed by atoms with Gasteiger partial charge in [0.2, 0.25) is 0 Å². The SMILES string of the molecule is CC(C)NC(=O)N(C)C1(CN)CCCCCC1. The molecule has 0 aliphatic heterocycles. The number of carbonyl (C=O) groups is 1. The largest absolute Gasteiger partial charge is 0.336 e. The van der Waals surface area contributed by atoms with E-state index < -0.39 is 0 Å². The van der Waals surface area contributed by atoms with E-state index in [4.69, 9.17) is 5.73 Å². The number of amides is 2. The molecular formula is C13H27N3O. The van der Waals surface area contributed by atoms with Gasteiger partial charge < -0.3 is 16.0 Å². The summed E-state index contributed by atoms with van der Waals surface area (Å²) in [4.78, 5) is 13.9. The summed E-state index contributed by atoms with van der Waals surface area (Å²) in [7, 11) is 1.88. The van der Waals surface area contributed by atoms with Gasteiger partial charge in [-0.15, -0.1) is 0 Å². The third kappa shape index (κ3) is 3.60. The van der Waals surface area contributed by atoms with E-state index >= 15 is 0 Å². The van der Waals surface area contributed by atoms with Crippen molar-refractivity contribution in [3.63, 3.8) is 0 Å². The Labute approximate surface area is 105 Å². The molecule has 100 valence electrons. The van der Waals surface area contributed by atoms with Crippen LogP contribution in [0.3, 0.4) is 0 Å². The second-order valence-corrected chi connectivity index (χ2v) is 5.51. The number of nitrogens with zero attached hydrogens (tertiary/aromatic N) is 1. The number of hydrogen-bond acceptors (Lipinski definition) is 2. The fourth-order valence-corrected chi connectivity index (χ4v) is 2.62. The molecule has 4 heteroatoms. The maximum absolute atomic E-state index is 12.1. The molecule has 0 aromatic carbocycles. The Balaban J connectivity index is 2.72. The summed E-state index contributed by atoms with van der Waals surface area (Å²) in [5.41, 5.74) is 5.83. The highest BCUT2D eigenvalue weighted by Gasteiger charge is 2.36. The molecule has 3 N–H and O–H groups in total. The summed E-state index contributed by atoms with van der Waals surface area (Å²) in [6.45, 7) is 4.52. The molecule has 1 rings (SSSR count). The molecule has 0 bridgehead atoms. The second-order valence-electron chi connectivity index (χ2n) is 5.51. The van der Waals surface area contributed by atoms with Crippen LogP contribution in [0.25, 0.3) is 0 Å². The van der Waals surface area contributed by atoms with Gasteiger partial charge in [-0.3, -0.25) is 0 Å². The van der Waals surface area contributed by atoms with Gasteiger partial charge >= 0.3 is 6.03 Å². The Morgan fingerprint density at radius 1 is 1.29 bits per heavy atom. The monoisotopic (exact) mass is 241 g/mol. The lowest BCUT2D eigenvalue weighted by molar-refractivity contribution is 0.122. The van der Waals surface area contributed by atoms with Crippen LogP contribution < -0.4 is 11.1 Å². The van der Waals surface area contributed by atoms with Crippen molar-refractivity contribution in [1.82, 2.24) is 10.2 Å². The van der Waals surface area contributed by atoms with Gasteiger partial charge in [0.1, 0.15) is 0 Å². The van der Waals surface area contributed by atoms with E-state index in [2.05, 4.69) is 5.32 Å². The van der Waals surface area contributed by atoms with Crippen molar-refractivity contribution in [3.8, 4) is 0 Å². The highest BCUT2D eigenvalue weighted by atomic mass is 16.2. The number of likely N-dealkylation sites (N-methyl/N-ethyl adjacent to an activating group) is 1. The predicted octanol–water partition coefficient (Wildman–Crippen LogP) is 2.09. The molecule has 17 heavy (non-hydrogen) atoms. The quantitative estimate of drug-likeness (QED) is 0.743. The molecular weight excluding hydrogens is 214 g/mol. The van der Waals surface area contributed by atoms with E-state index in [1.165, 1.54) is 25.7 Å². The first-order valence-corrected chi connectivity index (χ1v) is 6.76. The van der Waals surface area contributed by atoms with Crippen molar-refractivity contribution in [2.24, 2.45) is 5.73 Å². The van der Waals surface area contributed by atoms with Gasteiger partial charge in [-0.25, -0.2) is 4.79 Å². The molecule has 0 unspecified atom stereocenters. The number of nitrogens with one attached hydrogen (secondary N) is 1. The molecule has 0 spiro atoms. The molecule has 1 fully saturated rings. The van der Waals surface area contributed by atoms with Gasteiger partial charge in [0.05, 0.1) is 5.54 Å². The third-order valence-electron chi connectivity index (χ3n) is 3.84. The van der Waals surface area contributed by atoms with Crippen LogP contribution in [0.5, 0.6) is 0 Å². The zero-order valence-corrected chi connectivity index (χ0v) is 11.5. The maximum atomic E-state index is 12.1. The molecule has 0 atom stereocenters. The summed E-state index contributed by atoms with van der Waals surface area (Å²) < 4.78 is 0. The van der Waals surface area contributed by atoms with E-state index in [0.29, 0.717) is 6.54 Å². The van der Waals surface area contributed by atoms with Crippen molar-refractivity contribution < 1.29 is 4.79 Å². The van der Waals surface area contributed by atoms with Crippen LogP contribution in [0.2, 0.25) is 0 Å². The first-order valence-electron chi connectivity index (χ1n) is 6.76. The fourth-order valence-electron chi connectivity index (χ4n) is 2.62. The minimum absolute atomic E-state index is 0.00681. The number of hydrogen-bond donors (Lipinski definition) is 2. The number of nitrogens with two attached hydrogens (primary N) is 1. The Morgan fingerprint density at radius 2 is 1.82 bits per heavy atom. The molecule has 4 nitrogen and oxygen atoms in total. The molecule has 0 aromatic rings. The smallest absolute Gasteiger partial charge is 0.317 e. The fraction of sp³-hybridized carbons (Fsp3) is 0.923. The van der Waals surface area contributed by atoms with E-state index in [-0.39, 0.29) is 17.6 Å². The molecule has 1 aliphatic carbocycles. The van der Waals surface area contributed by atoms with Crippen molar-refractivity contribution >= 4 is 6.03 Å². The number of rotatable bonds is 3. The topological polar surface area (TPSA) is 58.4 Å². The van der Waals surface area contributed by atoms with Gasteiger partial charge in [0, 0.05) is 19.6 Å². The Bertz CT molecular complexity index is 245. The average Bonchev–Trinajstić information content (AvgIpc) is 2.53. The van der Waals surface area contributed by atoms with Crippen LogP contribution >= 0.6 is 0 Å². The summed E-state index contributed by atoms with van der Waals surface area (Å²) in [6.07, 6.45) is 6.95. The van der Waals surface area contributed by atoms with E-state index in [9.17, 15) is 4.79 Å². The van der Waals surface area contributed by atoms with Gasteiger partial charge in [-0.2, -0.15) is 0 Å². The van der Waals surface area contributed by atoms with Crippen LogP contribution in [0.1, 0.15) is 52.4 Å². The maximum Gasteiger partial charge on any atom is 0.317 e. The highest BCUT2D eigenvalue weighted by molar-refractivity contribution is 5.75. The summed E-state index contributed by atoms with van der Waals surface area (Å²) in [5, 5.41) is 2.95. The molecule has 0 aromatic heterocycles. The lowest BCUT2D eigenvalue weighted by Gasteiger charge is -2.41. The van der Waals surface area contributed by atoms with Crippen LogP contribution in [-0.4, -0.2) is 36.1 Å². The number of carbonyl (C=O) groups excluding carboxylic acids is 1. The Hall–Kier alpha value is -0.770. The van der Waals surface area contributed by atoms with Crippen LogP contribution in [0.4, 0.5) is 4.79 Å². The summed E-state index contributed by atoms with van der Waals surface area (Å²) >= 11 is 0. The Kier molecular flexibility index (Phi) is 5.25. The Morgan fingerprint density at radius 3 is 2.24 bits per heavy atom. The van der Waals surface area contributed by atoms with Crippen molar-refractivity contribution in [2.45, 2.75) is 64.0 Å². The minimum Gasteiger partial charge on any atom is -0.336 e. The molecule has 2 amide bonds. The van der Waals surface area contributed by atoms with Gasteiger partial charge in [-0.05, 0) is 26.7 Å². The van der Waals surface area contributed by atoms with Gasteiger partial charge in [0.25, 0.3) is 0 Å². The van der Waals surface area contributed by atoms with Crippen LogP contribution in [0, 0.1) is 0 Å². The van der Waals surface area contributed by atoms with Crippen LogP contribution in [0.15, 0.2) is 0 Å². The van der Waals surface area contributed by atoms with Crippen molar-refractivity contribution in [2.75, 3.05) is 13.6 Å². The molecule has 1 saturated carbocycles. The van der Waals surface area contributed by atoms with Gasteiger partial charge in [0.15, 0.2) is 0 Å². The standard InChI is InChI=1S/C13H27N3O/c1-11(2)15-12(17)16(3)13(10-14)8-6-4-5-7-9-13/h11H,4-10,14H2,1-3H3,(H,15,17). The van der Waals surface area contributed by atoms with Crippen molar-refractivity contribution in [1.29, 1.82) is 0 Å². The van der Waals surface area contributed by atoms with Crippen molar-refractivity contribution in [3.05, 3.63) is 0 Å². The zero-order valence-electron chi connectivity index (χ0n) is 11.5. The first kappa shape index (κ1) is 14.3.